The van der Waals surface area contributed by atoms with Crippen molar-refractivity contribution in [3.05, 3.63) is 47.8 Å². The number of nitrogens with one attached hydrogen (secondary N) is 1. The van der Waals surface area contributed by atoms with Gasteiger partial charge in [0.1, 0.15) is 5.82 Å². The second kappa shape index (κ2) is 7.97. The summed E-state index contributed by atoms with van der Waals surface area (Å²) in [6, 6.07) is 5.97. The summed E-state index contributed by atoms with van der Waals surface area (Å²) in [6.07, 6.45) is 2.61. The SMILES string of the molecule is C=CCn1c(CC)nnc1SCC(=O)Nc1c(C)cccc1C. The number of thioether (sulfide) groups is 1. The lowest BCUT2D eigenvalue weighted by atomic mass is 10.1. The van der Waals surface area contributed by atoms with Gasteiger partial charge in [0.15, 0.2) is 5.16 Å². The van der Waals surface area contributed by atoms with Gasteiger partial charge in [0.05, 0.1) is 5.75 Å². The van der Waals surface area contributed by atoms with Crippen LogP contribution in [0.4, 0.5) is 5.69 Å². The number of nitrogens with zero attached hydrogens (tertiary/aromatic N) is 3. The van der Waals surface area contributed by atoms with Crippen molar-refractivity contribution in [3.8, 4) is 0 Å². The molecular formula is C17H22N4OS. The lowest BCUT2D eigenvalue weighted by molar-refractivity contribution is -0.113. The second-order valence-electron chi connectivity index (χ2n) is 5.26. The number of benzene rings is 1. The van der Waals surface area contributed by atoms with Crippen molar-refractivity contribution >= 4 is 23.4 Å². The van der Waals surface area contributed by atoms with Crippen LogP contribution >= 0.6 is 11.8 Å². The molecule has 5 nitrogen and oxygen atoms in total. The summed E-state index contributed by atoms with van der Waals surface area (Å²) in [5, 5.41) is 12.1. The van der Waals surface area contributed by atoms with E-state index in [1.807, 2.05) is 49.6 Å². The minimum absolute atomic E-state index is 0.0430. The summed E-state index contributed by atoms with van der Waals surface area (Å²) in [6.45, 7) is 10.4. The molecule has 0 saturated carbocycles. The highest BCUT2D eigenvalue weighted by Gasteiger charge is 2.13. The highest BCUT2D eigenvalue weighted by Crippen LogP contribution is 2.21. The molecule has 0 aliphatic carbocycles. The zero-order chi connectivity index (χ0) is 16.8. The zero-order valence-corrected chi connectivity index (χ0v) is 14.6. The molecule has 122 valence electrons. The molecule has 2 aromatic rings. The number of allylic oxidation sites excluding steroid dienone is 1. The number of aromatic nitrogens is 3. The number of hydrogen-bond donors (Lipinski definition) is 1. The van der Waals surface area contributed by atoms with Gasteiger partial charge in [0, 0.05) is 18.7 Å². The molecule has 0 bridgehead atoms. The maximum absolute atomic E-state index is 12.2. The Morgan fingerprint density at radius 2 is 2.04 bits per heavy atom. The number of hydrogen-bond acceptors (Lipinski definition) is 4. The van der Waals surface area contributed by atoms with E-state index >= 15 is 0 Å². The molecule has 23 heavy (non-hydrogen) atoms. The fraction of sp³-hybridized carbons (Fsp3) is 0.353. The number of rotatable bonds is 7. The van der Waals surface area contributed by atoms with E-state index in [4.69, 9.17) is 0 Å². The van der Waals surface area contributed by atoms with E-state index in [-0.39, 0.29) is 5.91 Å². The highest BCUT2D eigenvalue weighted by atomic mass is 32.2. The van der Waals surface area contributed by atoms with Gasteiger partial charge in [-0.1, -0.05) is 43.0 Å². The molecule has 0 fully saturated rings. The number of anilines is 1. The van der Waals surface area contributed by atoms with Crippen LogP contribution in [0.25, 0.3) is 0 Å². The number of carbonyl (C=O) groups is 1. The van der Waals surface area contributed by atoms with E-state index in [0.29, 0.717) is 12.3 Å². The molecule has 0 unspecified atom stereocenters. The first-order valence-electron chi connectivity index (χ1n) is 7.58. The Morgan fingerprint density at radius 3 is 2.65 bits per heavy atom. The summed E-state index contributed by atoms with van der Waals surface area (Å²) in [5.74, 6) is 1.16. The van der Waals surface area contributed by atoms with Gasteiger partial charge in [0.25, 0.3) is 0 Å². The number of carbonyl (C=O) groups excluding carboxylic acids is 1. The van der Waals surface area contributed by atoms with Crippen molar-refractivity contribution in [1.29, 1.82) is 0 Å². The van der Waals surface area contributed by atoms with Crippen molar-refractivity contribution < 1.29 is 4.79 Å². The van der Waals surface area contributed by atoms with Gasteiger partial charge in [-0.15, -0.1) is 16.8 Å². The molecule has 1 aromatic carbocycles. The lowest BCUT2D eigenvalue weighted by Gasteiger charge is -2.11. The van der Waals surface area contributed by atoms with Crippen LogP contribution < -0.4 is 5.32 Å². The summed E-state index contributed by atoms with van der Waals surface area (Å²) in [4.78, 5) is 12.2. The molecule has 1 heterocycles. The van der Waals surface area contributed by atoms with E-state index in [2.05, 4.69) is 22.1 Å². The number of para-hydroxylation sites is 1. The Labute approximate surface area is 141 Å². The van der Waals surface area contributed by atoms with Crippen LogP contribution in [0.3, 0.4) is 0 Å². The smallest absolute Gasteiger partial charge is 0.234 e. The zero-order valence-electron chi connectivity index (χ0n) is 13.8. The van der Waals surface area contributed by atoms with Gasteiger partial charge < -0.3 is 9.88 Å². The van der Waals surface area contributed by atoms with Crippen LogP contribution in [-0.2, 0) is 17.8 Å². The van der Waals surface area contributed by atoms with Crippen LogP contribution in [0.5, 0.6) is 0 Å². The molecule has 0 atom stereocenters. The fourth-order valence-corrected chi connectivity index (χ4v) is 3.08. The summed E-state index contributed by atoms with van der Waals surface area (Å²) < 4.78 is 1.99. The Bertz CT molecular complexity index is 688. The van der Waals surface area contributed by atoms with Crippen LogP contribution in [0.15, 0.2) is 36.0 Å². The van der Waals surface area contributed by atoms with Gasteiger partial charge in [-0.25, -0.2) is 0 Å². The van der Waals surface area contributed by atoms with Crippen molar-refractivity contribution in [2.75, 3.05) is 11.1 Å². The molecule has 0 radical (unpaired) electrons. The van der Waals surface area contributed by atoms with Gasteiger partial charge in [-0.05, 0) is 25.0 Å². The van der Waals surface area contributed by atoms with Crippen molar-refractivity contribution in [2.45, 2.75) is 38.9 Å². The second-order valence-corrected chi connectivity index (χ2v) is 6.20. The van der Waals surface area contributed by atoms with E-state index < -0.39 is 0 Å². The third-order valence-electron chi connectivity index (χ3n) is 3.50. The Morgan fingerprint density at radius 1 is 1.35 bits per heavy atom. The van der Waals surface area contributed by atoms with Crippen molar-refractivity contribution in [2.24, 2.45) is 0 Å². The quantitative estimate of drug-likeness (QED) is 0.624. The fourth-order valence-electron chi connectivity index (χ4n) is 2.32. The average molecular weight is 330 g/mol. The normalized spacial score (nSPS) is 10.6. The van der Waals surface area contributed by atoms with Crippen LogP contribution in [-0.4, -0.2) is 26.4 Å². The van der Waals surface area contributed by atoms with E-state index in [9.17, 15) is 4.79 Å². The maximum atomic E-state index is 12.2. The van der Waals surface area contributed by atoms with Gasteiger partial charge >= 0.3 is 0 Å². The minimum Gasteiger partial charge on any atom is -0.325 e. The largest absolute Gasteiger partial charge is 0.325 e. The summed E-state index contributed by atoms with van der Waals surface area (Å²) in [5.41, 5.74) is 3.01. The van der Waals surface area contributed by atoms with Gasteiger partial charge in [-0.3, -0.25) is 4.79 Å². The number of aryl methyl sites for hydroxylation is 3. The average Bonchev–Trinajstić information content (AvgIpc) is 2.91. The molecule has 0 aliphatic heterocycles. The van der Waals surface area contributed by atoms with E-state index in [0.717, 1.165) is 34.2 Å². The predicted molar refractivity (Wildman–Crippen MR) is 94.9 cm³/mol. The third kappa shape index (κ3) is 4.22. The first kappa shape index (κ1) is 17.3. The van der Waals surface area contributed by atoms with Crippen molar-refractivity contribution in [3.63, 3.8) is 0 Å². The van der Waals surface area contributed by atoms with Crippen molar-refractivity contribution in [1.82, 2.24) is 14.8 Å². The van der Waals surface area contributed by atoms with Crippen LogP contribution in [0.2, 0.25) is 0 Å². The third-order valence-corrected chi connectivity index (χ3v) is 4.47. The van der Waals surface area contributed by atoms with Gasteiger partial charge in [0.2, 0.25) is 5.91 Å². The molecule has 0 aliphatic rings. The van der Waals surface area contributed by atoms with Crippen LogP contribution in [0.1, 0.15) is 23.9 Å². The standard InChI is InChI=1S/C17H22N4OS/c1-5-10-21-14(6-2)19-20-17(21)23-11-15(22)18-16-12(3)8-7-9-13(16)4/h5,7-9H,1,6,10-11H2,2-4H3,(H,18,22). The molecule has 0 saturated heterocycles. The first-order valence-corrected chi connectivity index (χ1v) is 8.57. The maximum Gasteiger partial charge on any atom is 0.234 e. The first-order chi connectivity index (χ1) is 11.1. The molecule has 1 amide bonds. The molecule has 6 heteroatoms. The van der Waals surface area contributed by atoms with E-state index in [1.54, 1.807) is 0 Å². The molecule has 1 aromatic heterocycles. The van der Waals surface area contributed by atoms with Crippen LogP contribution in [0, 0.1) is 13.8 Å². The highest BCUT2D eigenvalue weighted by molar-refractivity contribution is 7.99. The molecule has 0 spiro atoms. The Hall–Kier alpha value is -2.08. The topological polar surface area (TPSA) is 59.8 Å². The lowest BCUT2D eigenvalue weighted by Crippen LogP contribution is -2.16. The van der Waals surface area contributed by atoms with E-state index in [1.165, 1.54) is 11.8 Å². The molecule has 2 rings (SSSR count). The summed E-state index contributed by atoms with van der Waals surface area (Å²) >= 11 is 1.39. The number of amides is 1. The Kier molecular flexibility index (Phi) is 5.98. The summed E-state index contributed by atoms with van der Waals surface area (Å²) in [7, 11) is 0. The monoisotopic (exact) mass is 330 g/mol. The minimum atomic E-state index is -0.0430. The Balaban J connectivity index is 2.02. The molecule has 1 N–H and O–H groups in total. The van der Waals surface area contributed by atoms with Gasteiger partial charge in [-0.2, -0.15) is 0 Å². The molecular weight excluding hydrogens is 308 g/mol. The predicted octanol–water partition coefficient (Wildman–Crippen LogP) is 3.37.